The van der Waals surface area contributed by atoms with E-state index in [1.165, 1.54) is 0 Å². The van der Waals surface area contributed by atoms with Gasteiger partial charge >= 0.3 is 0 Å². The molecule has 0 saturated heterocycles. The first-order valence-corrected chi connectivity index (χ1v) is 9.03. The smallest absolute Gasteiger partial charge is 0.254 e. The number of nitriles is 1. The molecule has 0 spiro atoms. The molecule has 0 aliphatic carbocycles. The van der Waals surface area contributed by atoms with Crippen LogP contribution in [0.2, 0.25) is 0 Å². The fourth-order valence-corrected chi connectivity index (χ4v) is 3.45. The number of thiophene rings is 1. The van der Waals surface area contributed by atoms with Crippen LogP contribution in [-0.2, 0) is 13.1 Å². The summed E-state index contributed by atoms with van der Waals surface area (Å²) in [4.78, 5) is 16.0. The highest BCUT2D eigenvalue weighted by molar-refractivity contribution is 7.09. The summed E-state index contributed by atoms with van der Waals surface area (Å²) >= 11 is 1.61. The van der Waals surface area contributed by atoms with E-state index in [9.17, 15) is 4.79 Å². The van der Waals surface area contributed by atoms with E-state index >= 15 is 0 Å². The first kappa shape index (κ1) is 17.7. The van der Waals surface area contributed by atoms with Gasteiger partial charge in [-0.15, -0.1) is 11.3 Å². The number of benzene rings is 2. The SMILES string of the molecule is COc1ccccc1CN(Cc1cccs1)C(=O)c1cccc(C#N)c1. The van der Waals surface area contributed by atoms with Crippen molar-refractivity contribution in [1.29, 1.82) is 5.26 Å². The molecule has 1 amide bonds. The lowest BCUT2D eigenvalue weighted by atomic mass is 10.1. The average Bonchev–Trinajstić information content (AvgIpc) is 3.20. The zero-order valence-corrected chi connectivity index (χ0v) is 15.2. The van der Waals surface area contributed by atoms with Crippen LogP contribution in [0.5, 0.6) is 5.75 Å². The second kappa shape index (κ2) is 8.32. The number of methoxy groups -OCH3 is 1. The number of carbonyl (C=O) groups excluding carboxylic acids is 1. The van der Waals surface area contributed by atoms with E-state index in [2.05, 4.69) is 6.07 Å². The molecule has 0 aliphatic heterocycles. The molecular weight excluding hydrogens is 344 g/mol. The maximum absolute atomic E-state index is 13.1. The summed E-state index contributed by atoms with van der Waals surface area (Å²) < 4.78 is 5.42. The number of rotatable bonds is 6. The quantitative estimate of drug-likeness (QED) is 0.650. The second-order valence-corrected chi connectivity index (χ2v) is 6.78. The van der Waals surface area contributed by atoms with Gasteiger partial charge in [-0.05, 0) is 35.7 Å². The summed E-state index contributed by atoms with van der Waals surface area (Å²) in [6.07, 6.45) is 0. The van der Waals surface area contributed by atoms with E-state index in [4.69, 9.17) is 10.00 Å². The minimum absolute atomic E-state index is 0.110. The lowest BCUT2D eigenvalue weighted by Gasteiger charge is -2.23. The van der Waals surface area contributed by atoms with Crippen molar-refractivity contribution in [2.45, 2.75) is 13.1 Å². The van der Waals surface area contributed by atoms with Crippen LogP contribution in [0.25, 0.3) is 0 Å². The molecule has 2 aromatic carbocycles. The number of nitrogens with zero attached hydrogens (tertiary/aromatic N) is 2. The Morgan fingerprint density at radius 2 is 1.96 bits per heavy atom. The summed E-state index contributed by atoms with van der Waals surface area (Å²) in [5.74, 6) is 0.642. The number of amides is 1. The molecule has 0 atom stereocenters. The van der Waals surface area contributed by atoms with Gasteiger partial charge in [0.15, 0.2) is 0 Å². The summed E-state index contributed by atoms with van der Waals surface area (Å²) in [5, 5.41) is 11.1. The lowest BCUT2D eigenvalue weighted by Crippen LogP contribution is -2.30. The van der Waals surface area contributed by atoms with Gasteiger partial charge in [-0.3, -0.25) is 4.79 Å². The maximum atomic E-state index is 13.1. The Labute approximate surface area is 156 Å². The van der Waals surface area contributed by atoms with E-state index in [1.807, 2.05) is 41.8 Å². The minimum atomic E-state index is -0.110. The van der Waals surface area contributed by atoms with Gasteiger partial charge in [-0.1, -0.05) is 30.3 Å². The Bertz CT molecular complexity index is 929. The van der Waals surface area contributed by atoms with Crippen molar-refractivity contribution >= 4 is 17.2 Å². The molecule has 0 N–H and O–H groups in total. The van der Waals surface area contributed by atoms with Gasteiger partial charge in [0.2, 0.25) is 0 Å². The van der Waals surface area contributed by atoms with Gasteiger partial charge in [-0.2, -0.15) is 5.26 Å². The predicted octanol–water partition coefficient (Wildman–Crippen LogP) is 4.47. The molecule has 0 radical (unpaired) electrons. The molecule has 0 unspecified atom stereocenters. The second-order valence-electron chi connectivity index (χ2n) is 5.75. The standard InChI is InChI=1S/C21H18N2O2S/c1-25-20-10-3-2-7-18(20)14-23(15-19-9-5-11-26-19)21(24)17-8-4-6-16(12-17)13-22/h2-12H,14-15H2,1H3. The Morgan fingerprint density at radius 3 is 2.69 bits per heavy atom. The molecule has 5 heteroatoms. The summed E-state index contributed by atoms with van der Waals surface area (Å²) in [5.41, 5.74) is 1.93. The Hall–Kier alpha value is -3.10. The fraction of sp³-hybridized carbons (Fsp3) is 0.143. The summed E-state index contributed by atoms with van der Waals surface area (Å²) in [7, 11) is 1.63. The number of ether oxygens (including phenoxy) is 1. The van der Waals surface area contributed by atoms with Crippen molar-refractivity contribution in [3.63, 3.8) is 0 Å². The minimum Gasteiger partial charge on any atom is -0.496 e. The van der Waals surface area contributed by atoms with Crippen molar-refractivity contribution in [2.75, 3.05) is 7.11 Å². The van der Waals surface area contributed by atoms with E-state index in [0.717, 1.165) is 16.2 Å². The van der Waals surface area contributed by atoms with Crippen molar-refractivity contribution in [3.05, 3.63) is 87.6 Å². The van der Waals surface area contributed by atoms with Crippen LogP contribution in [0.4, 0.5) is 0 Å². The molecule has 26 heavy (non-hydrogen) atoms. The van der Waals surface area contributed by atoms with Gasteiger partial charge in [0.05, 0.1) is 31.8 Å². The van der Waals surface area contributed by atoms with E-state index in [0.29, 0.717) is 24.2 Å². The molecule has 0 bridgehead atoms. The summed E-state index contributed by atoms with van der Waals surface area (Å²) in [6.45, 7) is 0.933. The number of carbonyl (C=O) groups is 1. The molecule has 0 saturated carbocycles. The molecule has 0 fully saturated rings. The van der Waals surface area contributed by atoms with Crippen molar-refractivity contribution in [2.24, 2.45) is 0 Å². The third-order valence-electron chi connectivity index (χ3n) is 4.01. The normalized spacial score (nSPS) is 10.2. The van der Waals surface area contributed by atoms with Crippen LogP contribution in [-0.4, -0.2) is 17.9 Å². The Morgan fingerprint density at radius 1 is 1.12 bits per heavy atom. The van der Waals surface area contributed by atoms with E-state index in [-0.39, 0.29) is 5.91 Å². The Kier molecular flexibility index (Phi) is 5.67. The van der Waals surface area contributed by atoms with Crippen molar-refractivity contribution < 1.29 is 9.53 Å². The van der Waals surface area contributed by atoms with E-state index in [1.54, 1.807) is 47.6 Å². The van der Waals surface area contributed by atoms with Gasteiger partial charge in [0.25, 0.3) is 5.91 Å². The molecular formula is C21H18N2O2S. The van der Waals surface area contributed by atoms with Gasteiger partial charge < -0.3 is 9.64 Å². The highest BCUT2D eigenvalue weighted by Gasteiger charge is 2.19. The van der Waals surface area contributed by atoms with Gasteiger partial charge in [-0.25, -0.2) is 0 Å². The predicted molar refractivity (Wildman–Crippen MR) is 102 cm³/mol. The largest absolute Gasteiger partial charge is 0.496 e. The zero-order valence-electron chi connectivity index (χ0n) is 14.4. The molecule has 4 nitrogen and oxygen atoms in total. The monoisotopic (exact) mass is 362 g/mol. The van der Waals surface area contributed by atoms with Crippen LogP contribution < -0.4 is 4.74 Å². The van der Waals surface area contributed by atoms with Crippen molar-refractivity contribution in [3.8, 4) is 11.8 Å². The first-order chi connectivity index (χ1) is 12.7. The fourth-order valence-electron chi connectivity index (χ4n) is 2.73. The van der Waals surface area contributed by atoms with Crippen LogP contribution in [0.1, 0.15) is 26.4 Å². The average molecular weight is 362 g/mol. The van der Waals surface area contributed by atoms with Gasteiger partial charge in [0, 0.05) is 16.0 Å². The topological polar surface area (TPSA) is 53.3 Å². The molecule has 1 heterocycles. The Balaban J connectivity index is 1.92. The molecule has 1 aromatic heterocycles. The first-order valence-electron chi connectivity index (χ1n) is 8.15. The number of hydrogen-bond acceptors (Lipinski definition) is 4. The van der Waals surface area contributed by atoms with Gasteiger partial charge in [0.1, 0.15) is 5.75 Å². The third-order valence-corrected chi connectivity index (χ3v) is 4.87. The number of para-hydroxylation sites is 1. The molecule has 3 aromatic rings. The highest BCUT2D eigenvalue weighted by Crippen LogP contribution is 2.23. The lowest BCUT2D eigenvalue weighted by molar-refractivity contribution is 0.0730. The molecule has 3 rings (SSSR count). The third kappa shape index (κ3) is 4.11. The molecule has 130 valence electrons. The summed E-state index contributed by atoms with van der Waals surface area (Å²) in [6, 6.07) is 20.6. The zero-order chi connectivity index (χ0) is 18.4. The number of hydrogen-bond donors (Lipinski definition) is 0. The van der Waals surface area contributed by atoms with Crippen LogP contribution in [0, 0.1) is 11.3 Å². The van der Waals surface area contributed by atoms with Crippen LogP contribution in [0.15, 0.2) is 66.0 Å². The van der Waals surface area contributed by atoms with Crippen molar-refractivity contribution in [1.82, 2.24) is 4.90 Å². The van der Waals surface area contributed by atoms with Crippen LogP contribution >= 0.6 is 11.3 Å². The highest BCUT2D eigenvalue weighted by atomic mass is 32.1. The molecule has 0 aliphatic rings. The van der Waals surface area contributed by atoms with E-state index < -0.39 is 0 Å². The maximum Gasteiger partial charge on any atom is 0.254 e. The van der Waals surface area contributed by atoms with Crippen LogP contribution in [0.3, 0.4) is 0 Å².